The molecule has 0 unspecified atom stereocenters. The topological polar surface area (TPSA) is 99.1 Å². The molecule has 0 spiro atoms. The summed E-state index contributed by atoms with van der Waals surface area (Å²) in [6, 6.07) is 0. The Labute approximate surface area is 125 Å². The maximum Gasteiger partial charge on any atom is 0.332 e. The molecule has 2 aromatic heterocycles. The molecule has 0 aromatic carbocycles. The minimum Gasteiger partial charge on any atom is -0.335 e. The van der Waals surface area contributed by atoms with Crippen LogP contribution in [0, 0.1) is 5.92 Å². The van der Waals surface area contributed by atoms with Crippen LogP contribution in [0.5, 0.6) is 0 Å². The van der Waals surface area contributed by atoms with Crippen LogP contribution < -0.4 is 16.6 Å². The fourth-order valence-corrected chi connectivity index (χ4v) is 2.94. The van der Waals surface area contributed by atoms with Crippen molar-refractivity contribution in [2.45, 2.75) is 32.1 Å². The molecule has 0 aliphatic heterocycles. The van der Waals surface area contributed by atoms with E-state index >= 15 is 0 Å². The molecule has 1 N–H and O–H groups in total. The normalized spacial score (nSPS) is 16.1. The summed E-state index contributed by atoms with van der Waals surface area (Å²) in [7, 11) is 2.88. The Balaban J connectivity index is 2.00. The lowest BCUT2D eigenvalue weighted by Gasteiger charge is -2.19. The molecule has 1 saturated carbocycles. The largest absolute Gasteiger partial charge is 0.335 e. The maximum absolute atomic E-state index is 12.3. The molecular formula is C14H18N4O4. The molecule has 1 aliphatic carbocycles. The first-order chi connectivity index (χ1) is 10.5. The first-order valence-corrected chi connectivity index (χ1v) is 7.37. The van der Waals surface area contributed by atoms with Crippen LogP contribution in [-0.4, -0.2) is 20.2 Å². The number of anilines is 1. The van der Waals surface area contributed by atoms with Gasteiger partial charge in [-0.3, -0.25) is 24.0 Å². The van der Waals surface area contributed by atoms with Crippen molar-refractivity contribution in [3.8, 4) is 0 Å². The highest BCUT2D eigenvalue weighted by molar-refractivity contribution is 5.98. The van der Waals surface area contributed by atoms with E-state index in [1.54, 1.807) is 0 Å². The summed E-state index contributed by atoms with van der Waals surface area (Å²) in [6.07, 6.45) is 4.90. The zero-order chi connectivity index (χ0) is 15.9. The van der Waals surface area contributed by atoms with Crippen molar-refractivity contribution < 1.29 is 9.32 Å². The standard InChI is InChI=1S/C14H18N4O4/c1-17-10-9(13(20)18(2)14(17)21)12(22-16-10)15-11(19)8-6-4-3-5-7-8/h8H,3-7H2,1-2H3,(H,15,19). The van der Waals surface area contributed by atoms with E-state index < -0.39 is 11.2 Å². The molecule has 0 bridgehead atoms. The SMILES string of the molecule is Cn1c(=O)c2c(NC(=O)C3CCCCC3)onc2n(C)c1=O. The fraction of sp³-hybridized carbons (Fsp3) is 0.571. The molecule has 2 aromatic rings. The number of fused-ring (bicyclic) bond motifs is 1. The van der Waals surface area contributed by atoms with Crippen LogP contribution in [0.15, 0.2) is 14.1 Å². The summed E-state index contributed by atoms with van der Waals surface area (Å²) in [4.78, 5) is 36.4. The number of rotatable bonds is 2. The molecule has 0 saturated heterocycles. The first-order valence-electron chi connectivity index (χ1n) is 7.37. The van der Waals surface area contributed by atoms with E-state index in [0.717, 1.165) is 36.7 Å². The molecule has 8 heteroatoms. The van der Waals surface area contributed by atoms with E-state index in [1.165, 1.54) is 18.7 Å². The number of aryl methyl sites for hydroxylation is 1. The second kappa shape index (κ2) is 5.43. The van der Waals surface area contributed by atoms with E-state index in [2.05, 4.69) is 10.5 Å². The van der Waals surface area contributed by atoms with Gasteiger partial charge in [0.2, 0.25) is 11.8 Å². The van der Waals surface area contributed by atoms with Gasteiger partial charge in [0.05, 0.1) is 0 Å². The molecule has 1 amide bonds. The Bertz CT molecular complexity index is 839. The van der Waals surface area contributed by atoms with E-state index in [0.29, 0.717) is 0 Å². The molecule has 0 atom stereocenters. The van der Waals surface area contributed by atoms with E-state index in [9.17, 15) is 14.4 Å². The average Bonchev–Trinajstić information content (AvgIpc) is 2.95. The number of nitrogens with zero attached hydrogens (tertiary/aromatic N) is 3. The summed E-state index contributed by atoms with van der Waals surface area (Å²) in [5, 5.41) is 6.51. The zero-order valence-electron chi connectivity index (χ0n) is 12.6. The summed E-state index contributed by atoms with van der Waals surface area (Å²) < 4.78 is 7.28. The molecular weight excluding hydrogens is 288 g/mol. The minimum absolute atomic E-state index is 0.0155. The summed E-state index contributed by atoms with van der Waals surface area (Å²) in [5.41, 5.74) is -0.888. The van der Waals surface area contributed by atoms with Crippen LogP contribution in [0.4, 0.5) is 5.88 Å². The van der Waals surface area contributed by atoms with Crippen molar-refractivity contribution in [1.82, 2.24) is 14.3 Å². The zero-order valence-corrected chi connectivity index (χ0v) is 12.6. The Morgan fingerprint density at radius 2 is 1.86 bits per heavy atom. The molecule has 1 aliphatic rings. The molecule has 1 fully saturated rings. The van der Waals surface area contributed by atoms with Gasteiger partial charge in [-0.25, -0.2) is 4.79 Å². The van der Waals surface area contributed by atoms with Gasteiger partial charge in [0.1, 0.15) is 5.39 Å². The predicted molar refractivity (Wildman–Crippen MR) is 79.7 cm³/mol. The van der Waals surface area contributed by atoms with Crippen LogP contribution in [-0.2, 0) is 18.9 Å². The smallest absolute Gasteiger partial charge is 0.332 e. The Kier molecular flexibility index (Phi) is 3.59. The first kappa shape index (κ1) is 14.6. The van der Waals surface area contributed by atoms with Crippen molar-refractivity contribution in [3.63, 3.8) is 0 Å². The number of amides is 1. The van der Waals surface area contributed by atoms with Crippen molar-refractivity contribution in [1.29, 1.82) is 0 Å². The lowest BCUT2D eigenvalue weighted by atomic mass is 9.89. The lowest BCUT2D eigenvalue weighted by Crippen LogP contribution is -2.37. The highest BCUT2D eigenvalue weighted by atomic mass is 16.5. The lowest BCUT2D eigenvalue weighted by molar-refractivity contribution is -0.120. The van der Waals surface area contributed by atoms with Gasteiger partial charge in [-0.1, -0.05) is 24.4 Å². The van der Waals surface area contributed by atoms with Crippen molar-refractivity contribution in [3.05, 3.63) is 20.8 Å². The average molecular weight is 306 g/mol. The highest BCUT2D eigenvalue weighted by Crippen LogP contribution is 2.26. The molecule has 8 nitrogen and oxygen atoms in total. The van der Waals surface area contributed by atoms with Gasteiger partial charge in [0.25, 0.3) is 5.56 Å². The van der Waals surface area contributed by atoms with Crippen LogP contribution >= 0.6 is 0 Å². The van der Waals surface area contributed by atoms with E-state index in [4.69, 9.17) is 4.52 Å². The monoisotopic (exact) mass is 306 g/mol. The summed E-state index contributed by atoms with van der Waals surface area (Å²) >= 11 is 0. The number of nitrogens with one attached hydrogen (secondary N) is 1. The van der Waals surface area contributed by atoms with Gasteiger partial charge in [-0.2, -0.15) is 0 Å². The van der Waals surface area contributed by atoms with Gasteiger partial charge >= 0.3 is 5.69 Å². The maximum atomic E-state index is 12.3. The number of aromatic nitrogens is 3. The molecule has 118 valence electrons. The molecule has 3 rings (SSSR count). The summed E-state index contributed by atoms with van der Waals surface area (Å²) in [5.74, 6) is -0.208. The van der Waals surface area contributed by atoms with Gasteiger partial charge in [-0.05, 0) is 12.8 Å². The number of hydrogen-bond donors (Lipinski definition) is 1. The Morgan fingerprint density at radius 3 is 2.55 bits per heavy atom. The van der Waals surface area contributed by atoms with Crippen LogP contribution in [0.1, 0.15) is 32.1 Å². The Morgan fingerprint density at radius 1 is 1.18 bits per heavy atom. The fourth-order valence-electron chi connectivity index (χ4n) is 2.94. The van der Waals surface area contributed by atoms with Gasteiger partial charge < -0.3 is 4.52 Å². The van der Waals surface area contributed by atoms with Crippen molar-refractivity contribution >= 4 is 22.8 Å². The third kappa shape index (κ3) is 2.24. The van der Waals surface area contributed by atoms with E-state index in [1.807, 2.05) is 0 Å². The quantitative estimate of drug-likeness (QED) is 0.882. The van der Waals surface area contributed by atoms with Gasteiger partial charge in [0.15, 0.2) is 5.65 Å². The number of carbonyl (C=O) groups is 1. The number of carbonyl (C=O) groups excluding carboxylic acids is 1. The minimum atomic E-state index is -0.529. The Hall–Kier alpha value is -2.38. The van der Waals surface area contributed by atoms with Gasteiger partial charge in [0, 0.05) is 20.0 Å². The molecule has 2 heterocycles. The summed E-state index contributed by atoms with van der Waals surface area (Å²) in [6.45, 7) is 0. The van der Waals surface area contributed by atoms with Crippen molar-refractivity contribution in [2.75, 3.05) is 5.32 Å². The third-order valence-corrected chi connectivity index (χ3v) is 4.30. The highest BCUT2D eigenvalue weighted by Gasteiger charge is 2.25. The van der Waals surface area contributed by atoms with Crippen LogP contribution in [0.2, 0.25) is 0 Å². The number of hydrogen-bond acceptors (Lipinski definition) is 5. The van der Waals surface area contributed by atoms with Crippen LogP contribution in [0.3, 0.4) is 0 Å². The van der Waals surface area contributed by atoms with E-state index in [-0.39, 0.29) is 28.7 Å². The van der Waals surface area contributed by atoms with Gasteiger partial charge in [-0.15, -0.1) is 0 Å². The molecule has 0 radical (unpaired) electrons. The second-order valence-corrected chi connectivity index (χ2v) is 5.74. The third-order valence-electron chi connectivity index (χ3n) is 4.30. The van der Waals surface area contributed by atoms with Crippen LogP contribution in [0.25, 0.3) is 11.0 Å². The predicted octanol–water partition coefficient (Wildman–Crippen LogP) is 0.744. The molecule has 22 heavy (non-hydrogen) atoms. The second-order valence-electron chi connectivity index (χ2n) is 5.74. The van der Waals surface area contributed by atoms with Crippen molar-refractivity contribution in [2.24, 2.45) is 20.0 Å².